The van der Waals surface area contributed by atoms with E-state index in [0.717, 1.165) is 10.0 Å². The SMILES string of the molecule is COC(=O)c1ccccc1NC(=O)Nc1ccc(C)c(Br)c1. The minimum absolute atomic E-state index is 0.297. The number of methoxy groups -OCH3 is 1. The number of para-hydroxylation sites is 1. The Bertz CT molecular complexity index is 716. The van der Waals surface area contributed by atoms with Crippen LogP contribution in [0.2, 0.25) is 0 Å². The summed E-state index contributed by atoms with van der Waals surface area (Å²) in [6.07, 6.45) is 0. The van der Waals surface area contributed by atoms with E-state index >= 15 is 0 Å². The molecule has 2 N–H and O–H groups in total. The quantitative estimate of drug-likeness (QED) is 0.804. The van der Waals surface area contributed by atoms with E-state index in [4.69, 9.17) is 0 Å². The molecule has 5 nitrogen and oxygen atoms in total. The van der Waals surface area contributed by atoms with E-state index in [1.165, 1.54) is 7.11 Å². The zero-order valence-corrected chi connectivity index (χ0v) is 13.7. The third-order valence-corrected chi connectivity index (χ3v) is 3.86. The number of rotatable bonds is 3. The van der Waals surface area contributed by atoms with Crippen LogP contribution < -0.4 is 10.6 Å². The molecule has 2 rings (SSSR count). The molecule has 0 heterocycles. The average Bonchev–Trinajstić information content (AvgIpc) is 2.50. The van der Waals surface area contributed by atoms with Gasteiger partial charge in [0, 0.05) is 10.2 Å². The van der Waals surface area contributed by atoms with E-state index in [1.807, 2.05) is 13.0 Å². The lowest BCUT2D eigenvalue weighted by atomic mass is 10.2. The monoisotopic (exact) mass is 362 g/mol. The first-order valence-corrected chi connectivity index (χ1v) is 7.32. The maximum Gasteiger partial charge on any atom is 0.339 e. The second-order valence-corrected chi connectivity index (χ2v) is 5.43. The second kappa shape index (κ2) is 7.09. The molecular weight excluding hydrogens is 348 g/mol. The third kappa shape index (κ3) is 3.85. The number of amides is 2. The minimum Gasteiger partial charge on any atom is -0.465 e. The van der Waals surface area contributed by atoms with E-state index in [0.29, 0.717) is 16.9 Å². The molecule has 0 radical (unpaired) electrons. The molecule has 114 valence electrons. The highest BCUT2D eigenvalue weighted by Gasteiger charge is 2.13. The molecule has 0 bridgehead atoms. The van der Waals surface area contributed by atoms with Gasteiger partial charge in [0.05, 0.1) is 18.4 Å². The Labute approximate surface area is 136 Å². The maximum atomic E-state index is 12.1. The lowest BCUT2D eigenvalue weighted by Gasteiger charge is -2.11. The molecule has 0 aliphatic heterocycles. The van der Waals surface area contributed by atoms with Gasteiger partial charge in [-0.1, -0.05) is 34.1 Å². The van der Waals surface area contributed by atoms with Gasteiger partial charge < -0.3 is 15.4 Å². The fraction of sp³-hybridized carbons (Fsp3) is 0.125. The predicted molar refractivity (Wildman–Crippen MR) is 89.3 cm³/mol. The van der Waals surface area contributed by atoms with Gasteiger partial charge in [0.25, 0.3) is 0 Å². The van der Waals surface area contributed by atoms with Gasteiger partial charge in [0.15, 0.2) is 0 Å². The first-order valence-electron chi connectivity index (χ1n) is 6.52. The molecular formula is C16H15BrN2O3. The van der Waals surface area contributed by atoms with Crippen molar-refractivity contribution in [3.63, 3.8) is 0 Å². The van der Waals surface area contributed by atoms with E-state index in [-0.39, 0.29) is 0 Å². The molecule has 22 heavy (non-hydrogen) atoms. The summed E-state index contributed by atoms with van der Waals surface area (Å²) in [6.45, 7) is 1.96. The Morgan fingerprint density at radius 1 is 1.09 bits per heavy atom. The number of urea groups is 1. The molecule has 0 fully saturated rings. The third-order valence-electron chi connectivity index (χ3n) is 3.01. The van der Waals surface area contributed by atoms with Crippen molar-refractivity contribution in [1.82, 2.24) is 0 Å². The number of halogens is 1. The summed E-state index contributed by atoms with van der Waals surface area (Å²) in [5.41, 5.74) is 2.40. The van der Waals surface area contributed by atoms with Crippen molar-refractivity contribution in [2.24, 2.45) is 0 Å². The van der Waals surface area contributed by atoms with Crippen LogP contribution in [0, 0.1) is 6.92 Å². The Balaban J connectivity index is 2.12. The number of anilines is 2. The Morgan fingerprint density at radius 2 is 1.82 bits per heavy atom. The fourth-order valence-corrected chi connectivity index (χ4v) is 2.21. The maximum absolute atomic E-state index is 12.1. The van der Waals surface area contributed by atoms with Crippen LogP contribution >= 0.6 is 15.9 Å². The molecule has 2 amide bonds. The number of carbonyl (C=O) groups is 2. The van der Waals surface area contributed by atoms with Crippen molar-refractivity contribution in [3.05, 3.63) is 58.1 Å². The van der Waals surface area contributed by atoms with Crippen molar-refractivity contribution < 1.29 is 14.3 Å². The van der Waals surface area contributed by atoms with Gasteiger partial charge in [-0.3, -0.25) is 0 Å². The van der Waals surface area contributed by atoms with Gasteiger partial charge in [-0.15, -0.1) is 0 Å². The summed E-state index contributed by atoms with van der Waals surface area (Å²) in [5.74, 6) is -0.506. The first-order chi connectivity index (χ1) is 10.5. The van der Waals surface area contributed by atoms with E-state index < -0.39 is 12.0 Å². The van der Waals surface area contributed by atoms with Crippen LogP contribution in [-0.4, -0.2) is 19.1 Å². The first kappa shape index (κ1) is 16.0. The number of benzene rings is 2. The second-order valence-electron chi connectivity index (χ2n) is 4.58. The van der Waals surface area contributed by atoms with Crippen LogP contribution in [-0.2, 0) is 4.74 Å². The number of hydrogen-bond donors (Lipinski definition) is 2. The van der Waals surface area contributed by atoms with Crippen molar-refractivity contribution >= 4 is 39.3 Å². The molecule has 0 saturated carbocycles. The summed E-state index contributed by atoms with van der Waals surface area (Å²) in [4.78, 5) is 23.7. The van der Waals surface area contributed by atoms with Crippen molar-refractivity contribution in [2.75, 3.05) is 17.7 Å². The number of hydrogen-bond acceptors (Lipinski definition) is 3. The van der Waals surface area contributed by atoms with Gasteiger partial charge in [-0.05, 0) is 36.8 Å². The number of aryl methyl sites for hydroxylation is 1. The van der Waals surface area contributed by atoms with Crippen LogP contribution in [0.25, 0.3) is 0 Å². The summed E-state index contributed by atoms with van der Waals surface area (Å²) >= 11 is 3.41. The highest BCUT2D eigenvalue weighted by molar-refractivity contribution is 9.10. The molecule has 0 aromatic heterocycles. The van der Waals surface area contributed by atoms with Crippen molar-refractivity contribution in [1.29, 1.82) is 0 Å². The van der Waals surface area contributed by atoms with Gasteiger partial charge in [-0.2, -0.15) is 0 Å². The topological polar surface area (TPSA) is 67.4 Å². The van der Waals surface area contributed by atoms with Gasteiger partial charge in [-0.25, -0.2) is 9.59 Å². The number of esters is 1. The molecule has 2 aromatic carbocycles. The van der Waals surface area contributed by atoms with Gasteiger partial charge in [0.2, 0.25) is 0 Å². The number of nitrogens with one attached hydrogen (secondary N) is 2. The Morgan fingerprint density at radius 3 is 2.50 bits per heavy atom. The lowest BCUT2D eigenvalue weighted by molar-refractivity contribution is 0.0602. The zero-order valence-electron chi connectivity index (χ0n) is 12.1. The predicted octanol–water partition coefficient (Wildman–Crippen LogP) is 4.19. The van der Waals surface area contributed by atoms with Crippen LogP contribution in [0.15, 0.2) is 46.9 Å². The summed E-state index contributed by atoms with van der Waals surface area (Å²) < 4.78 is 5.59. The normalized spacial score (nSPS) is 9.95. The molecule has 0 aliphatic carbocycles. The molecule has 0 unspecified atom stereocenters. The molecule has 0 aliphatic rings. The Kier molecular flexibility index (Phi) is 5.16. The van der Waals surface area contributed by atoms with E-state index in [2.05, 4.69) is 31.3 Å². The summed E-state index contributed by atoms with van der Waals surface area (Å²) in [5, 5.41) is 5.35. The molecule has 0 saturated heterocycles. The Hall–Kier alpha value is -2.34. The molecule has 0 spiro atoms. The molecule has 0 atom stereocenters. The van der Waals surface area contributed by atoms with Crippen molar-refractivity contribution in [2.45, 2.75) is 6.92 Å². The van der Waals surface area contributed by atoms with Crippen LogP contribution in [0.4, 0.5) is 16.2 Å². The number of ether oxygens (including phenoxy) is 1. The van der Waals surface area contributed by atoms with E-state index in [1.54, 1.807) is 36.4 Å². The lowest BCUT2D eigenvalue weighted by Crippen LogP contribution is -2.21. The van der Waals surface area contributed by atoms with Crippen LogP contribution in [0.1, 0.15) is 15.9 Å². The van der Waals surface area contributed by atoms with E-state index in [9.17, 15) is 9.59 Å². The van der Waals surface area contributed by atoms with Gasteiger partial charge in [0.1, 0.15) is 0 Å². The minimum atomic E-state index is -0.506. The highest BCUT2D eigenvalue weighted by atomic mass is 79.9. The van der Waals surface area contributed by atoms with Crippen LogP contribution in [0.3, 0.4) is 0 Å². The largest absolute Gasteiger partial charge is 0.465 e. The van der Waals surface area contributed by atoms with Crippen molar-refractivity contribution in [3.8, 4) is 0 Å². The highest BCUT2D eigenvalue weighted by Crippen LogP contribution is 2.21. The fourth-order valence-electron chi connectivity index (χ4n) is 1.84. The summed E-state index contributed by atoms with van der Waals surface area (Å²) in [7, 11) is 1.29. The number of carbonyl (C=O) groups excluding carboxylic acids is 2. The zero-order chi connectivity index (χ0) is 16.1. The molecule has 6 heteroatoms. The summed E-state index contributed by atoms with van der Waals surface area (Å²) in [6, 6.07) is 11.7. The van der Waals surface area contributed by atoms with Crippen LogP contribution in [0.5, 0.6) is 0 Å². The molecule has 2 aromatic rings. The average molecular weight is 363 g/mol. The smallest absolute Gasteiger partial charge is 0.339 e. The standard InChI is InChI=1S/C16H15BrN2O3/c1-10-7-8-11(9-13(10)17)18-16(21)19-14-6-4-3-5-12(14)15(20)22-2/h3-9H,1-2H3,(H2,18,19,21). The van der Waals surface area contributed by atoms with Gasteiger partial charge >= 0.3 is 12.0 Å².